The van der Waals surface area contributed by atoms with E-state index in [2.05, 4.69) is 34.7 Å². The van der Waals surface area contributed by atoms with Gasteiger partial charge in [0.2, 0.25) is 10.0 Å². The van der Waals surface area contributed by atoms with Crippen LogP contribution in [-0.4, -0.2) is 46.4 Å². The fourth-order valence-corrected chi connectivity index (χ4v) is 3.63. The quantitative estimate of drug-likeness (QED) is 0.470. The average molecular weight is 433 g/mol. The molecule has 2 aromatic rings. The van der Waals surface area contributed by atoms with Crippen LogP contribution in [0, 0.1) is 6.92 Å². The summed E-state index contributed by atoms with van der Waals surface area (Å²) in [6.45, 7) is 5.92. The molecule has 0 saturated heterocycles. The Morgan fingerprint density at radius 3 is 2.33 bits per heavy atom. The van der Waals surface area contributed by atoms with Crippen molar-refractivity contribution in [2.24, 2.45) is 4.99 Å². The minimum atomic E-state index is -3.42. The van der Waals surface area contributed by atoms with E-state index >= 15 is 0 Å². The lowest BCUT2D eigenvalue weighted by Gasteiger charge is -2.16. The van der Waals surface area contributed by atoms with E-state index in [4.69, 9.17) is 4.74 Å². The smallest absolute Gasteiger partial charge is 0.242 e. The fourth-order valence-electron chi connectivity index (χ4n) is 2.73. The first-order chi connectivity index (χ1) is 14.3. The maximum atomic E-state index is 12.2. The molecule has 2 rings (SSSR count). The normalized spacial score (nSPS) is 12.1. The first-order valence-electron chi connectivity index (χ1n) is 9.96. The van der Waals surface area contributed by atoms with Crippen molar-refractivity contribution in [3.05, 3.63) is 59.2 Å². The van der Waals surface area contributed by atoms with E-state index in [9.17, 15) is 8.42 Å². The van der Waals surface area contributed by atoms with Gasteiger partial charge < -0.3 is 15.4 Å². The highest BCUT2D eigenvalue weighted by atomic mass is 32.2. The SMILES string of the molecule is CCCOc1cc(C)ccc1CNC(=NC)NCc1ccc(S(=O)(=O)N(C)C)cc1. The van der Waals surface area contributed by atoms with Gasteiger partial charge in [0.1, 0.15) is 5.75 Å². The number of aliphatic imine (C=N–C) groups is 1. The molecule has 0 bridgehead atoms. The van der Waals surface area contributed by atoms with Gasteiger partial charge in [0.05, 0.1) is 11.5 Å². The zero-order valence-corrected chi connectivity index (χ0v) is 19.2. The van der Waals surface area contributed by atoms with E-state index in [1.54, 1.807) is 31.3 Å². The number of rotatable bonds is 9. The molecule has 0 atom stereocenters. The number of aryl methyl sites for hydroxylation is 1. The Morgan fingerprint density at radius 1 is 1.07 bits per heavy atom. The van der Waals surface area contributed by atoms with Gasteiger partial charge in [0.15, 0.2) is 5.96 Å². The van der Waals surface area contributed by atoms with Gasteiger partial charge in [0.25, 0.3) is 0 Å². The summed E-state index contributed by atoms with van der Waals surface area (Å²) in [7, 11) is 1.34. The molecule has 0 heterocycles. The Morgan fingerprint density at radius 2 is 1.73 bits per heavy atom. The predicted molar refractivity (Wildman–Crippen MR) is 121 cm³/mol. The van der Waals surface area contributed by atoms with Crippen LogP contribution < -0.4 is 15.4 Å². The van der Waals surface area contributed by atoms with Crippen LogP contribution in [0.5, 0.6) is 5.75 Å². The number of benzene rings is 2. The predicted octanol–water partition coefficient (Wildman–Crippen LogP) is 2.90. The van der Waals surface area contributed by atoms with Gasteiger partial charge in [-0.1, -0.05) is 31.2 Å². The molecule has 7 nitrogen and oxygen atoms in total. The minimum absolute atomic E-state index is 0.276. The Hall–Kier alpha value is -2.58. The van der Waals surface area contributed by atoms with E-state index in [1.807, 2.05) is 13.0 Å². The van der Waals surface area contributed by atoms with Crippen LogP contribution in [0.25, 0.3) is 0 Å². The van der Waals surface area contributed by atoms with Crippen LogP contribution in [0.4, 0.5) is 0 Å². The lowest BCUT2D eigenvalue weighted by molar-refractivity contribution is 0.313. The maximum Gasteiger partial charge on any atom is 0.242 e. The Balaban J connectivity index is 1.96. The third-order valence-electron chi connectivity index (χ3n) is 4.52. The van der Waals surface area contributed by atoms with Gasteiger partial charge in [0, 0.05) is 39.8 Å². The standard InChI is InChI=1S/C22H32N4O3S/c1-6-13-29-21-14-17(2)7-10-19(21)16-25-22(23-3)24-15-18-8-11-20(12-9-18)30(27,28)26(4)5/h7-12,14H,6,13,15-16H2,1-5H3,(H2,23,24,25). The van der Waals surface area contributed by atoms with E-state index < -0.39 is 10.0 Å². The fraction of sp³-hybridized carbons (Fsp3) is 0.409. The first-order valence-corrected chi connectivity index (χ1v) is 11.4. The second-order valence-electron chi connectivity index (χ2n) is 7.17. The molecule has 0 saturated carbocycles. The third-order valence-corrected chi connectivity index (χ3v) is 6.35. The molecule has 30 heavy (non-hydrogen) atoms. The highest BCUT2D eigenvalue weighted by Crippen LogP contribution is 2.20. The van der Waals surface area contributed by atoms with Crippen LogP contribution in [0.3, 0.4) is 0 Å². The molecular formula is C22H32N4O3S. The lowest BCUT2D eigenvalue weighted by Crippen LogP contribution is -2.36. The van der Waals surface area contributed by atoms with Gasteiger partial charge in [-0.25, -0.2) is 12.7 Å². The van der Waals surface area contributed by atoms with Crippen LogP contribution >= 0.6 is 0 Å². The van der Waals surface area contributed by atoms with Gasteiger partial charge in [-0.15, -0.1) is 0 Å². The number of guanidine groups is 1. The van der Waals surface area contributed by atoms with Crippen molar-refractivity contribution >= 4 is 16.0 Å². The zero-order valence-electron chi connectivity index (χ0n) is 18.4. The molecule has 2 aromatic carbocycles. The summed E-state index contributed by atoms with van der Waals surface area (Å²) in [4.78, 5) is 4.53. The van der Waals surface area contributed by atoms with E-state index in [-0.39, 0.29) is 4.90 Å². The molecule has 2 N–H and O–H groups in total. The summed E-state index contributed by atoms with van der Waals surface area (Å²) in [6, 6.07) is 13.0. The van der Waals surface area contributed by atoms with Gasteiger partial charge >= 0.3 is 0 Å². The Kier molecular flexibility index (Phi) is 8.68. The van der Waals surface area contributed by atoms with E-state index in [0.29, 0.717) is 25.7 Å². The van der Waals surface area contributed by atoms with Crippen LogP contribution in [-0.2, 0) is 23.1 Å². The number of hydrogen-bond acceptors (Lipinski definition) is 4. The number of sulfonamides is 1. The zero-order chi connectivity index (χ0) is 22.1. The van der Waals surface area contributed by atoms with Crippen molar-refractivity contribution in [2.75, 3.05) is 27.7 Å². The number of nitrogens with zero attached hydrogens (tertiary/aromatic N) is 2. The number of hydrogen-bond donors (Lipinski definition) is 2. The molecule has 0 aliphatic rings. The third kappa shape index (κ3) is 6.47. The molecule has 0 aliphatic heterocycles. The molecule has 0 radical (unpaired) electrons. The second-order valence-corrected chi connectivity index (χ2v) is 9.32. The topological polar surface area (TPSA) is 83.0 Å². The summed E-state index contributed by atoms with van der Waals surface area (Å²) in [5.74, 6) is 1.54. The summed E-state index contributed by atoms with van der Waals surface area (Å²) < 4.78 is 31.4. The highest BCUT2D eigenvalue weighted by Gasteiger charge is 2.16. The van der Waals surface area contributed by atoms with Gasteiger partial charge in [-0.05, 0) is 42.7 Å². The summed E-state index contributed by atoms with van der Waals surface area (Å²) in [5, 5.41) is 6.55. The molecule has 0 aliphatic carbocycles. The second kappa shape index (κ2) is 11.0. The number of nitrogens with one attached hydrogen (secondary N) is 2. The minimum Gasteiger partial charge on any atom is -0.493 e. The van der Waals surface area contributed by atoms with Crippen molar-refractivity contribution in [3.8, 4) is 5.75 Å². The van der Waals surface area contributed by atoms with Crippen molar-refractivity contribution in [1.29, 1.82) is 0 Å². The van der Waals surface area contributed by atoms with Gasteiger partial charge in [-0.3, -0.25) is 4.99 Å². The van der Waals surface area contributed by atoms with Crippen LogP contribution in [0.1, 0.15) is 30.0 Å². The monoisotopic (exact) mass is 432 g/mol. The largest absolute Gasteiger partial charge is 0.493 e. The van der Waals surface area contributed by atoms with Crippen molar-refractivity contribution in [2.45, 2.75) is 38.3 Å². The number of ether oxygens (including phenoxy) is 1. The van der Waals surface area contributed by atoms with E-state index in [1.165, 1.54) is 18.4 Å². The Bertz CT molecular complexity index is 955. The first kappa shape index (κ1) is 23.7. The highest BCUT2D eigenvalue weighted by molar-refractivity contribution is 7.89. The molecule has 0 amide bonds. The summed E-state index contributed by atoms with van der Waals surface area (Å²) in [6.07, 6.45) is 0.957. The van der Waals surface area contributed by atoms with Crippen LogP contribution in [0.15, 0.2) is 52.4 Å². The molecule has 0 aromatic heterocycles. The molecule has 0 spiro atoms. The van der Waals surface area contributed by atoms with Crippen molar-refractivity contribution in [3.63, 3.8) is 0 Å². The maximum absolute atomic E-state index is 12.2. The van der Waals surface area contributed by atoms with E-state index in [0.717, 1.165) is 28.9 Å². The molecule has 164 valence electrons. The van der Waals surface area contributed by atoms with Crippen molar-refractivity contribution in [1.82, 2.24) is 14.9 Å². The summed E-state index contributed by atoms with van der Waals surface area (Å²) in [5.41, 5.74) is 3.18. The summed E-state index contributed by atoms with van der Waals surface area (Å²) >= 11 is 0. The molecule has 8 heteroatoms. The van der Waals surface area contributed by atoms with Gasteiger partial charge in [-0.2, -0.15) is 0 Å². The average Bonchev–Trinajstić information content (AvgIpc) is 2.73. The van der Waals surface area contributed by atoms with Crippen LogP contribution in [0.2, 0.25) is 0 Å². The Labute approximate surface area is 180 Å². The lowest BCUT2D eigenvalue weighted by atomic mass is 10.1. The van der Waals surface area contributed by atoms with Crippen molar-refractivity contribution < 1.29 is 13.2 Å². The molecule has 0 unspecified atom stereocenters. The molecular weight excluding hydrogens is 400 g/mol. The molecule has 0 fully saturated rings.